The Hall–Kier alpha value is -2.97. The first-order valence-corrected chi connectivity index (χ1v) is 9.85. The van der Waals surface area contributed by atoms with Crippen LogP contribution in [0.3, 0.4) is 0 Å². The molecule has 0 aromatic rings. The van der Waals surface area contributed by atoms with Crippen molar-refractivity contribution in [1.82, 2.24) is 16.0 Å². The maximum absolute atomic E-state index is 12.7. The molecule has 13 N–H and O–H groups in total. The van der Waals surface area contributed by atoms with E-state index in [1.807, 2.05) is 0 Å². The van der Waals surface area contributed by atoms with Gasteiger partial charge in [0.2, 0.25) is 17.7 Å². The van der Waals surface area contributed by atoms with Gasteiger partial charge < -0.3 is 49.1 Å². The Balaban J connectivity index is 5.14. The van der Waals surface area contributed by atoms with E-state index in [4.69, 9.17) is 22.9 Å². The fourth-order valence-corrected chi connectivity index (χ4v) is 2.51. The molecule has 0 unspecified atom stereocenters. The summed E-state index contributed by atoms with van der Waals surface area (Å²) >= 11 is 0. The molecule has 0 aliphatic rings. The van der Waals surface area contributed by atoms with Gasteiger partial charge in [-0.1, -0.05) is 0 Å². The van der Waals surface area contributed by atoms with Crippen molar-refractivity contribution in [3.63, 3.8) is 0 Å². The molecule has 0 rings (SSSR count). The fourth-order valence-electron chi connectivity index (χ4n) is 2.51. The minimum absolute atomic E-state index is 0.0626. The van der Waals surface area contributed by atoms with E-state index in [0.29, 0.717) is 25.8 Å². The topological polar surface area (TPSA) is 261 Å². The van der Waals surface area contributed by atoms with Crippen LogP contribution in [0.4, 0.5) is 0 Å². The van der Waals surface area contributed by atoms with Gasteiger partial charge >= 0.3 is 5.97 Å². The van der Waals surface area contributed by atoms with E-state index in [9.17, 15) is 29.4 Å². The number of rotatable bonds is 16. The number of nitrogens with two attached hydrogens (primary N) is 4. The number of guanidine groups is 1. The number of carbonyl (C=O) groups is 4. The van der Waals surface area contributed by atoms with Crippen LogP contribution in [0.2, 0.25) is 0 Å². The SMILES string of the molecule is NCCCC[C@H](NC(=O)[C@H](CO)NC(=O)CN)C(=O)N[C@@H](CCCN=C(N)N)C(=O)O. The highest BCUT2D eigenvalue weighted by atomic mass is 16.4. The van der Waals surface area contributed by atoms with Crippen molar-refractivity contribution in [2.24, 2.45) is 27.9 Å². The minimum Gasteiger partial charge on any atom is -0.480 e. The monoisotopic (exact) mass is 446 g/mol. The number of carbonyl (C=O) groups excluding carboxylic acids is 3. The van der Waals surface area contributed by atoms with Crippen molar-refractivity contribution < 1.29 is 29.4 Å². The Kier molecular flexibility index (Phi) is 14.3. The van der Waals surface area contributed by atoms with Gasteiger partial charge in [0.25, 0.3) is 0 Å². The third-order valence-electron chi connectivity index (χ3n) is 4.16. The molecule has 0 aliphatic heterocycles. The minimum atomic E-state index is -1.31. The highest BCUT2D eigenvalue weighted by Crippen LogP contribution is 2.05. The van der Waals surface area contributed by atoms with Gasteiger partial charge in [0, 0.05) is 6.54 Å². The van der Waals surface area contributed by atoms with Crippen LogP contribution < -0.4 is 38.9 Å². The zero-order valence-electron chi connectivity index (χ0n) is 17.4. The first kappa shape index (κ1) is 28.0. The third-order valence-corrected chi connectivity index (χ3v) is 4.16. The van der Waals surface area contributed by atoms with Crippen LogP contribution in [0.15, 0.2) is 4.99 Å². The van der Waals surface area contributed by atoms with Crippen molar-refractivity contribution in [3.05, 3.63) is 0 Å². The predicted molar refractivity (Wildman–Crippen MR) is 112 cm³/mol. The molecule has 0 spiro atoms. The van der Waals surface area contributed by atoms with Crippen molar-refractivity contribution >= 4 is 29.7 Å². The van der Waals surface area contributed by atoms with Gasteiger partial charge in [-0.2, -0.15) is 0 Å². The molecule has 3 atom stereocenters. The molecule has 0 radical (unpaired) electrons. The van der Waals surface area contributed by atoms with Crippen LogP contribution in [0, 0.1) is 0 Å². The number of nitrogens with zero attached hydrogens (tertiary/aromatic N) is 1. The highest BCUT2D eigenvalue weighted by Gasteiger charge is 2.28. The number of aliphatic hydroxyl groups excluding tert-OH is 1. The molecule has 14 heteroatoms. The first-order chi connectivity index (χ1) is 14.7. The van der Waals surface area contributed by atoms with Gasteiger partial charge in [0.05, 0.1) is 13.2 Å². The Morgan fingerprint density at radius 2 is 1.42 bits per heavy atom. The number of aliphatic hydroxyl groups is 1. The summed E-state index contributed by atoms with van der Waals surface area (Å²) in [6.07, 6.45) is 1.60. The van der Waals surface area contributed by atoms with Gasteiger partial charge in [0.15, 0.2) is 5.96 Å². The van der Waals surface area contributed by atoms with Gasteiger partial charge in [0.1, 0.15) is 18.1 Å². The molecule has 0 aromatic heterocycles. The molecule has 0 heterocycles. The average molecular weight is 447 g/mol. The van der Waals surface area contributed by atoms with Crippen LogP contribution >= 0.6 is 0 Å². The summed E-state index contributed by atoms with van der Waals surface area (Å²) in [6, 6.07) is -3.63. The lowest BCUT2D eigenvalue weighted by molar-refractivity contribution is -0.142. The summed E-state index contributed by atoms with van der Waals surface area (Å²) in [7, 11) is 0. The predicted octanol–water partition coefficient (Wildman–Crippen LogP) is -4.34. The maximum atomic E-state index is 12.7. The van der Waals surface area contributed by atoms with Crippen LogP contribution in [-0.4, -0.2) is 84.2 Å². The average Bonchev–Trinajstić information content (AvgIpc) is 2.72. The molecule has 0 saturated carbocycles. The lowest BCUT2D eigenvalue weighted by Crippen LogP contribution is -2.57. The maximum Gasteiger partial charge on any atom is 0.326 e. The molecule has 0 fully saturated rings. The van der Waals surface area contributed by atoms with E-state index in [2.05, 4.69) is 20.9 Å². The van der Waals surface area contributed by atoms with E-state index in [1.165, 1.54) is 0 Å². The Bertz CT molecular complexity index is 626. The van der Waals surface area contributed by atoms with Crippen molar-refractivity contribution in [1.29, 1.82) is 0 Å². The zero-order chi connectivity index (χ0) is 23.8. The Morgan fingerprint density at radius 1 is 0.839 bits per heavy atom. The number of nitrogens with one attached hydrogen (secondary N) is 3. The van der Waals surface area contributed by atoms with Crippen LogP contribution in [0.25, 0.3) is 0 Å². The van der Waals surface area contributed by atoms with Crippen molar-refractivity contribution in [2.45, 2.75) is 50.2 Å². The summed E-state index contributed by atoms with van der Waals surface area (Å²) in [5.74, 6) is -3.57. The number of aliphatic imine (C=N–C) groups is 1. The number of hydrogen-bond acceptors (Lipinski definition) is 8. The lowest BCUT2D eigenvalue weighted by atomic mass is 10.1. The second kappa shape index (κ2) is 15.8. The molecule has 0 bridgehead atoms. The van der Waals surface area contributed by atoms with Gasteiger partial charge in [-0.25, -0.2) is 4.79 Å². The number of amides is 3. The molecular weight excluding hydrogens is 412 g/mol. The summed E-state index contributed by atoms with van der Waals surface area (Å²) in [6.45, 7) is -0.532. The molecule has 3 amide bonds. The molecular formula is C17H34N8O6. The molecule has 178 valence electrons. The summed E-state index contributed by atoms with van der Waals surface area (Å²) in [5.41, 5.74) is 21.1. The standard InChI is InChI=1S/C17H34N8O6/c18-6-2-1-4-10(24-15(29)12(9-26)23-13(27)8-19)14(28)25-11(16(30)31)5-3-7-22-17(20)21/h10-12,26H,1-9,18-19H2,(H,23,27)(H,24,29)(H,25,28)(H,30,31)(H4,20,21,22)/t10-,11-,12-/m0/s1. The highest BCUT2D eigenvalue weighted by molar-refractivity contribution is 5.93. The summed E-state index contributed by atoms with van der Waals surface area (Å²) in [5, 5.41) is 25.7. The van der Waals surface area contributed by atoms with Gasteiger partial charge in [-0.3, -0.25) is 19.4 Å². The number of unbranched alkanes of at least 4 members (excludes halogenated alkanes) is 1. The Labute approximate surface area is 180 Å². The second-order valence-electron chi connectivity index (χ2n) is 6.70. The zero-order valence-corrected chi connectivity index (χ0v) is 17.4. The van der Waals surface area contributed by atoms with E-state index < -0.39 is 48.4 Å². The van der Waals surface area contributed by atoms with Crippen molar-refractivity contribution in [3.8, 4) is 0 Å². The van der Waals surface area contributed by atoms with Gasteiger partial charge in [-0.15, -0.1) is 0 Å². The van der Waals surface area contributed by atoms with E-state index >= 15 is 0 Å². The number of aliphatic carboxylic acids is 1. The third kappa shape index (κ3) is 12.3. The fraction of sp³-hybridized carbons (Fsp3) is 0.706. The lowest BCUT2D eigenvalue weighted by Gasteiger charge is -2.23. The smallest absolute Gasteiger partial charge is 0.326 e. The van der Waals surface area contributed by atoms with Crippen molar-refractivity contribution in [2.75, 3.05) is 26.2 Å². The summed E-state index contributed by atoms with van der Waals surface area (Å²) < 4.78 is 0. The van der Waals surface area contributed by atoms with Crippen LogP contribution in [-0.2, 0) is 19.2 Å². The molecule has 31 heavy (non-hydrogen) atoms. The quantitative estimate of drug-likeness (QED) is 0.0624. The molecule has 14 nitrogen and oxygen atoms in total. The molecule has 0 saturated heterocycles. The van der Waals surface area contributed by atoms with Crippen LogP contribution in [0.1, 0.15) is 32.1 Å². The Morgan fingerprint density at radius 3 is 1.94 bits per heavy atom. The van der Waals surface area contributed by atoms with E-state index in [1.54, 1.807) is 0 Å². The number of carboxylic acids is 1. The van der Waals surface area contributed by atoms with E-state index in [-0.39, 0.29) is 31.9 Å². The normalized spacial score (nSPS) is 13.4. The molecule has 0 aliphatic carbocycles. The molecule has 0 aromatic carbocycles. The first-order valence-electron chi connectivity index (χ1n) is 9.85. The second-order valence-corrected chi connectivity index (χ2v) is 6.70. The number of hydrogen-bond donors (Lipinski definition) is 9. The largest absolute Gasteiger partial charge is 0.480 e. The van der Waals surface area contributed by atoms with E-state index in [0.717, 1.165) is 0 Å². The van der Waals surface area contributed by atoms with Crippen LogP contribution in [0.5, 0.6) is 0 Å². The summed E-state index contributed by atoms with van der Waals surface area (Å²) in [4.78, 5) is 51.7. The van der Waals surface area contributed by atoms with Gasteiger partial charge in [-0.05, 0) is 38.6 Å². The number of carboxylic acid groups (broad SMARTS) is 1.